The number of para-hydroxylation sites is 2. The zero-order valence-corrected chi connectivity index (χ0v) is 17.4. The normalized spacial score (nSPS) is 24.8. The molecule has 0 bridgehead atoms. The van der Waals surface area contributed by atoms with Gasteiger partial charge in [0.25, 0.3) is 5.91 Å². The Bertz CT molecular complexity index is 1150. The number of piperidine rings is 1. The van der Waals surface area contributed by atoms with Crippen LogP contribution in [-0.2, 0) is 11.3 Å². The van der Waals surface area contributed by atoms with Crippen LogP contribution in [0.15, 0.2) is 60.8 Å². The van der Waals surface area contributed by atoms with Crippen molar-refractivity contribution in [1.29, 1.82) is 0 Å². The molecule has 4 heterocycles. The van der Waals surface area contributed by atoms with Crippen LogP contribution in [0.2, 0.25) is 0 Å². The van der Waals surface area contributed by atoms with E-state index in [4.69, 9.17) is 4.74 Å². The van der Waals surface area contributed by atoms with Gasteiger partial charge in [0, 0.05) is 43.3 Å². The largest absolute Gasteiger partial charge is 0.370 e. The van der Waals surface area contributed by atoms with Gasteiger partial charge in [-0.15, -0.1) is 0 Å². The molecule has 1 amide bonds. The van der Waals surface area contributed by atoms with E-state index in [1.54, 1.807) is 0 Å². The molecule has 31 heavy (non-hydrogen) atoms. The number of hydrogen-bond donors (Lipinski definition) is 2. The first-order valence-electron chi connectivity index (χ1n) is 11.0. The molecular formula is C25H26N4O2. The number of likely N-dealkylation sites (tertiary alicyclic amines) is 1. The molecule has 1 unspecified atom stereocenters. The first-order chi connectivity index (χ1) is 15.1. The van der Waals surface area contributed by atoms with E-state index in [1.807, 2.05) is 36.5 Å². The summed E-state index contributed by atoms with van der Waals surface area (Å²) in [5, 5.41) is 7.95. The molecule has 3 aromatic rings. The van der Waals surface area contributed by atoms with Crippen molar-refractivity contribution in [2.45, 2.75) is 37.1 Å². The number of hydrogen-bond acceptors (Lipinski definition) is 5. The number of anilines is 1. The van der Waals surface area contributed by atoms with E-state index in [-0.39, 0.29) is 11.5 Å². The minimum absolute atomic E-state index is 0.0177. The predicted molar refractivity (Wildman–Crippen MR) is 120 cm³/mol. The van der Waals surface area contributed by atoms with Crippen LogP contribution in [0, 0.1) is 0 Å². The first kappa shape index (κ1) is 18.8. The second-order valence-corrected chi connectivity index (χ2v) is 9.12. The summed E-state index contributed by atoms with van der Waals surface area (Å²) in [6.07, 6.45) is 4.59. The maximum atomic E-state index is 12.7. The third kappa shape index (κ3) is 3.27. The van der Waals surface area contributed by atoms with Gasteiger partial charge in [0.15, 0.2) is 0 Å². The minimum atomic E-state index is -0.507. The van der Waals surface area contributed by atoms with Crippen LogP contribution in [-0.4, -0.2) is 46.8 Å². The summed E-state index contributed by atoms with van der Waals surface area (Å²) in [4.78, 5) is 19.8. The van der Waals surface area contributed by atoms with Gasteiger partial charge in [0.2, 0.25) is 0 Å². The van der Waals surface area contributed by atoms with Crippen LogP contribution in [0.5, 0.6) is 0 Å². The van der Waals surface area contributed by atoms with Gasteiger partial charge in [-0.3, -0.25) is 14.7 Å². The van der Waals surface area contributed by atoms with Crippen molar-refractivity contribution in [3.05, 3.63) is 71.9 Å². The van der Waals surface area contributed by atoms with E-state index in [0.29, 0.717) is 12.2 Å². The number of amides is 1. The molecule has 1 atom stereocenters. The molecule has 0 aliphatic carbocycles. The van der Waals surface area contributed by atoms with Crippen molar-refractivity contribution in [2.75, 3.05) is 25.0 Å². The maximum Gasteiger partial charge on any atom is 0.255 e. The summed E-state index contributed by atoms with van der Waals surface area (Å²) >= 11 is 0. The smallest absolute Gasteiger partial charge is 0.255 e. The molecule has 2 fully saturated rings. The average molecular weight is 415 g/mol. The third-order valence-electron chi connectivity index (χ3n) is 7.02. The van der Waals surface area contributed by atoms with Crippen molar-refractivity contribution in [2.24, 2.45) is 0 Å². The van der Waals surface area contributed by atoms with Crippen molar-refractivity contribution in [3.63, 3.8) is 0 Å². The number of nitrogens with zero attached hydrogens (tertiary/aromatic N) is 2. The zero-order valence-electron chi connectivity index (χ0n) is 17.4. The fraction of sp³-hybridized carbons (Fsp3) is 0.360. The Morgan fingerprint density at radius 2 is 1.84 bits per heavy atom. The predicted octanol–water partition coefficient (Wildman–Crippen LogP) is 3.54. The Hall–Kier alpha value is -2.96. The Balaban J connectivity index is 1.15. The summed E-state index contributed by atoms with van der Waals surface area (Å²) in [7, 11) is 0. The second kappa shape index (κ2) is 7.04. The molecule has 3 aliphatic rings. The lowest BCUT2D eigenvalue weighted by molar-refractivity contribution is -0.0452. The van der Waals surface area contributed by atoms with E-state index in [2.05, 4.69) is 44.8 Å². The highest BCUT2D eigenvalue weighted by molar-refractivity contribution is 6.02. The monoisotopic (exact) mass is 414 g/mol. The van der Waals surface area contributed by atoms with Crippen molar-refractivity contribution in [1.82, 2.24) is 15.2 Å². The Morgan fingerprint density at radius 1 is 1.00 bits per heavy atom. The fourth-order valence-corrected chi connectivity index (χ4v) is 5.43. The van der Waals surface area contributed by atoms with Crippen LogP contribution >= 0.6 is 0 Å². The lowest BCUT2D eigenvalue weighted by Crippen LogP contribution is -2.59. The molecule has 2 aromatic carbocycles. The summed E-state index contributed by atoms with van der Waals surface area (Å²) in [6, 6.07) is 18.2. The molecule has 0 saturated carbocycles. The second-order valence-electron chi connectivity index (χ2n) is 9.12. The zero-order chi connectivity index (χ0) is 20.9. The quantitative estimate of drug-likeness (QED) is 0.672. The van der Waals surface area contributed by atoms with Crippen molar-refractivity contribution < 1.29 is 9.53 Å². The highest BCUT2D eigenvalue weighted by atomic mass is 16.5. The lowest BCUT2D eigenvalue weighted by atomic mass is 9.84. The Morgan fingerprint density at radius 3 is 2.74 bits per heavy atom. The highest BCUT2D eigenvalue weighted by Gasteiger charge is 2.53. The van der Waals surface area contributed by atoms with Gasteiger partial charge >= 0.3 is 0 Å². The van der Waals surface area contributed by atoms with E-state index in [0.717, 1.165) is 50.1 Å². The molecule has 158 valence electrons. The van der Waals surface area contributed by atoms with Gasteiger partial charge in [-0.1, -0.05) is 36.4 Å². The number of carbonyl (C=O) groups excluding carboxylic acids is 1. The Kier molecular flexibility index (Phi) is 4.26. The molecule has 6 nitrogen and oxygen atoms in total. The molecule has 2 spiro atoms. The minimum Gasteiger partial charge on any atom is -0.370 e. The topological polar surface area (TPSA) is 66.5 Å². The standard InChI is InChI=1S/C25H26N4O2/c30-23-20-8-1-2-9-21(20)27-25(28-23)16-24(31-17-25)10-13-29(14-11-24)15-19-6-3-5-18-7-4-12-26-22(18)19/h1-9,12,27H,10-11,13-17H2,(H,28,30). The fourth-order valence-electron chi connectivity index (χ4n) is 5.43. The lowest BCUT2D eigenvalue weighted by Gasteiger charge is -2.41. The van der Waals surface area contributed by atoms with E-state index in [9.17, 15) is 4.79 Å². The van der Waals surface area contributed by atoms with Crippen molar-refractivity contribution in [3.8, 4) is 0 Å². The van der Waals surface area contributed by atoms with Crippen molar-refractivity contribution >= 4 is 22.5 Å². The third-order valence-corrected chi connectivity index (χ3v) is 7.02. The van der Waals surface area contributed by atoms with Gasteiger partial charge in [-0.05, 0) is 36.6 Å². The SMILES string of the molecule is O=C1NC2(COC3(CCN(Cc4cccc5cccnc45)CC3)C2)Nc2ccccc21. The molecule has 2 saturated heterocycles. The first-order valence-corrected chi connectivity index (χ1v) is 11.0. The van der Waals surface area contributed by atoms with Gasteiger partial charge in [-0.25, -0.2) is 0 Å². The number of carbonyl (C=O) groups is 1. The van der Waals surface area contributed by atoms with Gasteiger partial charge < -0.3 is 15.4 Å². The molecule has 6 rings (SSSR count). The molecule has 0 radical (unpaired) electrons. The van der Waals surface area contributed by atoms with Gasteiger partial charge in [0.1, 0.15) is 5.66 Å². The number of nitrogens with one attached hydrogen (secondary N) is 2. The molecule has 6 heteroatoms. The number of pyridine rings is 1. The van der Waals surface area contributed by atoms with E-state index >= 15 is 0 Å². The summed E-state index contributed by atoms with van der Waals surface area (Å²) in [5.41, 5.74) is 3.28. The molecule has 2 N–H and O–H groups in total. The number of aromatic nitrogens is 1. The number of benzene rings is 2. The van der Waals surface area contributed by atoms with Crippen LogP contribution in [0.4, 0.5) is 5.69 Å². The van der Waals surface area contributed by atoms with E-state index in [1.165, 1.54) is 10.9 Å². The van der Waals surface area contributed by atoms with E-state index < -0.39 is 5.66 Å². The number of ether oxygens (including phenoxy) is 1. The molecular weight excluding hydrogens is 388 g/mol. The average Bonchev–Trinajstić information content (AvgIpc) is 3.12. The van der Waals surface area contributed by atoms with Gasteiger partial charge in [0.05, 0.1) is 23.3 Å². The number of rotatable bonds is 2. The summed E-state index contributed by atoms with van der Waals surface area (Å²) < 4.78 is 6.39. The Labute approximate surface area is 181 Å². The maximum absolute atomic E-state index is 12.7. The summed E-state index contributed by atoms with van der Waals surface area (Å²) in [6.45, 7) is 3.35. The molecule has 3 aliphatic heterocycles. The summed E-state index contributed by atoms with van der Waals surface area (Å²) in [5.74, 6) is -0.0177. The van der Waals surface area contributed by atoms with Crippen LogP contribution in [0.3, 0.4) is 0 Å². The van der Waals surface area contributed by atoms with Crippen LogP contribution in [0.1, 0.15) is 35.2 Å². The van der Waals surface area contributed by atoms with Crippen LogP contribution in [0.25, 0.3) is 10.9 Å². The van der Waals surface area contributed by atoms with Gasteiger partial charge in [-0.2, -0.15) is 0 Å². The highest BCUT2D eigenvalue weighted by Crippen LogP contribution is 2.43. The van der Waals surface area contributed by atoms with Crippen LogP contribution < -0.4 is 10.6 Å². The molecule has 1 aromatic heterocycles. The number of fused-ring (bicyclic) bond motifs is 2.